The van der Waals surface area contributed by atoms with Crippen LogP contribution in [0.1, 0.15) is 17.8 Å². The van der Waals surface area contributed by atoms with Crippen LogP contribution in [0.4, 0.5) is 10.2 Å². The Morgan fingerprint density at radius 2 is 2.04 bits per heavy atom. The lowest BCUT2D eigenvalue weighted by Crippen LogP contribution is -2.02. The standard InChI is InChI=1S/C17H15BrFN7/c18-13-8-12(26-16(13)17(20)21-10-22-26)5-3-4-11-9-25(24-23-11)15-7-2-1-6-14(15)19/h1-2,6-10H,3-5H2,(H2,20,21,22). The molecule has 7 nitrogen and oxygen atoms in total. The fourth-order valence-corrected chi connectivity index (χ4v) is 3.52. The molecule has 0 bridgehead atoms. The van der Waals surface area contributed by atoms with Gasteiger partial charge in [-0.05, 0) is 53.4 Å². The predicted molar refractivity (Wildman–Crippen MR) is 98.4 cm³/mol. The molecule has 3 heterocycles. The summed E-state index contributed by atoms with van der Waals surface area (Å²) >= 11 is 3.50. The van der Waals surface area contributed by atoms with Gasteiger partial charge in [0.2, 0.25) is 0 Å². The smallest absolute Gasteiger partial charge is 0.152 e. The molecule has 0 aliphatic rings. The molecule has 0 fully saturated rings. The van der Waals surface area contributed by atoms with Gasteiger partial charge in [0.1, 0.15) is 23.3 Å². The zero-order valence-corrected chi connectivity index (χ0v) is 15.3. The number of benzene rings is 1. The van der Waals surface area contributed by atoms with Gasteiger partial charge in [-0.1, -0.05) is 17.3 Å². The van der Waals surface area contributed by atoms with Crippen molar-refractivity contribution >= 4 is 27.3 Å². The van der Waals surface area contributed by atoms with Crippen molar-refractivity contribution in [2.45, 2.75) is 19.3 Å². The molecule has 0 atom stereocenters. The lowest BCUT2D eigenvalue weighted by Gasteiger charge is -2.02. The van der Waals surface area contributed by atoms with Gasteiger partial charge in [-0.25, -0.2) is 18.6 Å². The summed E-state index contributed by atoms with van der Waals surface area (Å²) < 4.78 is 17.9. The number of nitrogen functional groups attached to an aromatic ring is 1. The lowest BCUT2D eigenvalue weighted by molar-refractivity contribution is 0.607. The monoisotopic (exact) mass is 415 g/mol. The van der Waals surface area contributed by atoms with Crippen molar-refractivity contribution in [2.75, 3.05) is 5.73 Å². The minimum atomic E-state index is -0.328. The molecular formula is C17H15BrFN7. The van der Waals surface area contributed by atoms with Crippen LogP contribution in [-0.4, -0.2) is 29.6 Å². The van der Waals surface area contributed by atoms with Crippen LogP contribution in [0.5, 0.6) is 0 Å². The molecule has 0 radical (unpaired) electrons. The molecule has 0 aliphatic heterocycles. The third-order valence-corrected chi connectivity index (χ3v) is 4.72. The van der Waals surface area contributed by atoms with Gasteiger partial charge in [0.25, 0.3) is 0 Å². The van der Waals surface area contributed by atoms with Gasteiger partial charge in [0.05, 0.1) is 11.9 Å². The molecule has 0 spiro atoms. The Hall–Kier alpha value is -2.81. The van der Waals surface area contributed by atoms with E-state index in [0.717, 1.165) is 40.6 Å². The number of hydrogen-bond acceptors (Lipinski definition) is 5. The predicted octanol–water partition coefficient (Wildman–Crippen LogP) is 2.97. The van der Waals surface area contributed by atoms with E-state index in [-0.39, 0.29) is 5.82 Å². The molecule has 9 heteroatoms. The van der Waals surface area contributed by atoms with Gasteiger partial charge in [-0.2, -0.15) is 5.10 Å². The van der Waals surface area contributed by atoms with Crippen molar-refractivity contribution in [3.05, 3.63) is 64.5 Å². The first kappa shape index (κ1) is 16.6. The minimum Gasteiger partial charge on any atom is -0.382 e. The molecule has 2 N–H and O–H groups in total. The molecular weight excluding hydrogens is 401 g/mol. The van der Waals surface area contributed by atoms with Crippen LogP contribution >= 0.6 is 15.9 Å². The second kappa shape index (κ2) is 6.83. The zero-order chi connectivity index (χ0) is 18.1. The number of nitrogens with zero attached hydrogens (tertiary/aromatic N) is 6. The van der Waals surface area contributed by atoms with Crippen LogP contribution < -0.4 is 5.73 Å². The van der Waals surface area contributed by atoms with Crippen LogP contribution in [0.2, 0.25) is 0 Å². The summed E-state index contributed by atoms with van der Waals surface area (Å²) in [7, 11) is 0. The Kier molecular flexibility index (Phi) is 4.37. The number of fused-ring (bicyclic) bond motifs is 1. The Labute approximate surface area is 156 Å². The number of aromatic nitrogens is 6. The molecule has 4 aromatic rings. The van der Waals surface area contributed by atoms with Crippen LogP contribution in [0.3, 0.4) is 0 Å². The van der Waals surface area contributed by atoms with E-state index in [0.29, 0.717) is 11.5 Å². The van der Waals surface area contributed by atoms with Crippen molar-refractivity contribution in [1.29, 1.82) is 0 Å². The average Bonchev–Trinajstić information content (AvgIpc) is 3.21. The summed E-state index contributed by atoms with van der Waals surface area (Å²) in [6, 6.07) is 8.48. The number of nitrogens with two attached hydrogens (primary N) is 1. The highest BCUT2D eigenvalue weighted by Gasteiger charge is 2.12. The number of rotatable bonds is 5. The second-order valence-corrected chi connectivity index (χ2v) is 6.70. The Balaban J connectivity index is 1.46. The van der Waals surface area contributed by atoms with E-state index in [1.165, 1.54) is 17.1 Å². The van der Waals surface area contributed by atoms with Crippen LogP contribution in [0.25, 0.3) is 11.2 Å². The van der Waals surface area contributed by atoms with Gasteiger partial charge in [0.15, 0.2) is 5.82 Å². The summed E-state index contributed by atoms with van der Waals surface area (Å²) in [6.45, 7) is 0. The third-order valence-electron chi connectivity index (χ3n) is 4.12. The maximum atomic E-state index is 13.8. The molecule has 0 saturated heterocycles. The molecule has 4 rings (SSSR count). The van der Waals surface area contributed by atoms with Gasteiger partial charge in [-0.15, -0.1) is 5.10 Å². The van der Waals surface area contributed by atoms with Crippen molar-refractivity contribution in [1.82, 2.24) is 29.6 Å². The fourth-order valence-electron chi connectivity index (χ4n) is 2.88. The molecule has 0 saturated carbocycles. The number of hydrogen-bond donors (Lipinski definition) is 1. The topological polar surface area (TPSA) is 86.9 Å². The minimum absolute atomic E-state index is 0.328. The first-order valence-electron chi connectivity index (χ1n) is 8.06. The Bertz CT molecular complexity index is 1070. The van der Waals surface area contributed by atoms with E-state index in [9.17, 15) is 4.39 Å². The highest BCUT2D eigenvalue weighted by molar-refractivity contribution is 9.10. The summed E-state index contributed by atoms with van der Waals surface area (Å²) in [5, 5.41) is 12.4. The van der Waals surface area contributed by atoms with Crippen molar-refractivity contribution in [3.63, 3.8) is 0 Å². The van der Waals surface area contributed by atoms with Crippen LogP contribution in [-0.2, 0) is 12.8 Å². The van der Waals surface area contributed by atoms with E-state index >= 15 is 0 Å². The first-order chi connectivity index (χ1) is 12.6. The quantitative estimate of drug-likeness (QED) is 0.541. The molecule has 0 aliphatic carbocycles. The van der Waals surface area contributed by atoms with Gasteiger partial charge < -0.3 is 5.73 Å². The lowest BCUT2D eigenvalue weighted by atomic mass is 10.1. The molecule has 0 amide bonds. The number of anilines is 1. The van der Waals surface area contributed by atoms with E-state index < -0.39 is 0 Å². The summed E-state index contributed by atoms with van der Waals surface area (Å²) in [5.74, 6) is 0.108. The SMILES string of the molecule is Nc1ncnn2c(CCCc3cn(-c4ccccc4F)nn3)cc(Br)c12. The maximum absolute atomic E-state index is 13.8. The first-order valence-corrected chi connectivity index (χ1v) is 8.85. The van der Waals surface area contributed by atoms with Crippen molar-refractivity contribution < 1.29 is 4.39 Å². The highest BCUT2D eigenvalue weighted by Crippen LogP contribution is 2.26. The Morgan fingerprint density at radius 1 is 1.19 bits per heavy atom. The molecule has 132 valence electrons. The van der Waals surface area contributed by atoms with E-state index in [4.69, 9.17) is 5.73 Å². The van der Waals surface area contributed by atoms with Crippen molar-refractivity contribution in [2.24, 2.45) is 0 Å². The van der Waals surface area contributed by atoms with Gasteiger partial charge >= 0.3 is 0 Å². The summed E-state index contributed by atoms with van der Waals surface area (Å²) in [6.07, 6.45) is 5.55. The largest absolute Gasteiger partial charge is 0.382 e. The number of para-hydroxylation sites is 1. The third kappa shape index (κ3) is 3.05. The second-order valence-electron chi connectivity index (χ2n) is 5.85. The summed E-state index contributed by atoms with van der Waals surface area (Å²) in [5.41, 5.74) is 8.90. The van der Waals surface area contributed by atoms with Crippen LogP contribution in [0.15, 0.2) is 47.3 Å². The van der Waals surface area contributed by atoms with Gasteiger partial charge in [-0.3, -0.25) is 0 Å². The normalized spacial score (nSPS) is 11.3. The molecule has 26 heavy (non-hydrogen) atoms. The van der Waals surface area contributed by atoms with Gasteiger partial charge in [0, 0.05) is 10.2 Å². The molecule has 1 aromatic carbocycles. The number of halogens is 2. The van der Waals surface area contributed by atoms with Crippen LogP contribution in [0, 0.1) is 5.82 Å². The average molecular weight is 416 g/mol. The fraction of sp³-hybridized carbons (Fsp3) is 0.176. The Morgan fingerprint density at radius 3 is 2.88 bits per heavy atom. The summed E-state index contributed by atoms with van der Waals surface area (Å²) in [4.78, 5) is 4.01. The molecule has 0 unspecified atom stereocenters. The van der Waals surface area contributed by atoms with Crippen molar-refractivity contribution in [3.8, 4) is 5.69 Å². The highest BCUT2D eigenvalue weighted by atomic mass is 79.9. The van der Waals surface area contributed by atoms with E-state index in [1.807, 2.05) is 6.07 Å². The van der Waals surface area contributed by atoms with E-state index in [1.54, 1.807) is 28.9 Å². The maximum Gasteiger partial charge on any atom is 0.152 e. The zero-order valence-electron chi connectivity index (χ0n) is 13.7. The number of aryl methyl sites for hydroxylation is 2. The van der Waals surface area contributed by atoms with E-state index in [2.05, 4.69) is 36.3 Å². The molecule has 3 aromatic heterocycles.